The molecule has 7 nitrogen and oxygen atoms in total. The van der Waals surface area contributed by atoms with Crippen molar-refractivity contribution in [3.05, 3.63) is 65.2 Å². The van der Waals surface area contributed by atoms with E-state index in [1.54, 1.807) is 18.2 Å². The van der Waals surface area contributed by atoms with Crippen LogP contribution in [-0.4, -0.2) is 29.5 Å². The minimum atomic E-state index is -0.842. The van der Waals surface area contributed by atoms with E-state index in [1.165, 1.54) is 5.56 Å². The normalized spacial score (nSPS) is 10.3. The third-order valence-electron chi connectivity index (χ3n) is 4.26. The molecule has 0 fully saturated rings. The van der Waals surface area contributed by atoms with E-state index in [0.717, 1.165) is 24.8 Å². The Hall–Kier alpha value is -3.35. The van der Waals surface area contributed by atoms with Gasteiger partial charge < -0.3 is 21.5 Å². The van der Waals surface area contributed by atoms with Crippen LogP contribution in [0.2, 0.25) is 0 Å². The molecule has 0 unspecified atom stereocenters. The van der Waals surface area contributed by atoms with Gasteiger partial charge in [-0.1, -0.05) is 36.4 Å². The maximum atomic E-state index is 12.0. The highest BCUT2D eigenvalue weighted by Crippen LogP contribution is 2.12. The molecule has 2 aromatic rings. The predicted molar refractivity (Wildman–Crippen MR) is 110 cm³/mol. The Morgan fingerprint density at radius 2 is 1.75 bits per heavy atom. The molecule has 2 aromatic carbocycles. The van der Waals surface area contributed by atoms with Crippen molar-refractivity contribution in [3.63, 3.8) is 0 Å². The maximum absolute atomic E-state index is 12.0. The lowest BCUT2D eigenvalue weighted by atomic mass is 10.1. The molecule has 0 saturated heterocycles. The number of aliphatic carboxylic acids is 1. The van der Waals surface area contributed by atoms with Crippen LogP contribution in [0.5, 0.6) is 0 Å². The molecule has 2 rings (SSSR count). The largest absolute Gasteiger partial charge is 0.481 e. The molecule has 0 saturated carbocycles. The third-order valence-corrected chi connectivity index (χ3v) is 4.26. The number of unbranched alkanes of at least 4 members (excludes halogenated alkanes) is 1. The van der Waals surface area contributed by atoms with Gasteiger partial charge in [-0.05, 0) is 48.9 Å². The number of carboxylic acid groups (broad SMARTS) is 1. The number of aryl methyl sites for hydroxylation is 2. The van der Waals surface area contributed by atoms with E-state index in [2.05, 4.69) is 10.6 Å². The summed E-state index contributed by atoms with van der Waals surface area (Å²) in [4.78, 5) is 22.6. The Kier molecular flexibility index (Phi) is 8.02. The van der Waals surface area contributed by atoms with E-state index in [4.69, 9.17) is 16.2 Å². The summed E-state index contributed by atoms with van der Waals surface area (Å²) >= 11 is 0. The highest BCUT2D eigenvalue weighted by molar-refractivity contribution is 5.94. The van der Waals surface area contributed by atoms with Crippen LogP contribution in [0, 0.1) is 5.41 Å². The quantitative estimate of drug-likeness (QED) is 0.246. The highest BCUT2D eigenvalue weighted by Gasteiger charge is 2.04. The summed E-state index contributed by atoms with van der Waals surface area (Å²) in [5.74, 6) is -0.778. The van der Waals surface area contributed by atoms with Crippen LogP contribution < -0.4 is 16.4 Å². The number of hydrogen-bond donors (Lipinski definition) is 5. The lowest BCUT2D eigenvalue weighted by molar-refractivity contribution is -0.136. The van der Waals surface area contributed by atoms with E-state index in [-0.39, 0.29) is 18.3 Å². The molecule has 0 aliphatic rings. The van der Waals surface area contributed by atoms with Crippen LogP contribution in [0.25, 0.3) is 0 Å². The number of rotatable bonds is 10. The monoisotopic (exact) mass is 382 g/mol. The summed E-state index contributed by atoms with van der Waals surface area (Å²) in [6.45, 7) is 0.566. The van der Waals surface area contributed by atoms with Crippen LogP contribution >= 0.6 is 0 Å². The Balaban J connectivity index is 1.66. The number of anilines is 1. The molecular formula is C21H26N4O3. The molecule has 2 amide bonds. The standard InChI is InChI=1S/C21H26N4O3/c22-20(23)17-10-7-15(8-11-17)4-1-2-13-24-21(28)25-18-6-3-5-16(14-18)9-12-19(26)27/h3,5-8,10-11,14H,1-2,4,9,12-13H2,(H3,22,23)(H,26,27)(H2,24,25,28). The molecular weight excluding hydrogens is 356 g/mol. The third kappa shape index (κ3) is 7.49. The minimum absolute atomic E-state index is 0.0626. The first-order valence-corrected chi connectivity index (χ1v) is 9.23. The van der Waals surface area contributed by atoms with Gasteiger partial charge in [-0.3, -0.25) is 10.2 Å². The number of nitrogens with two attached hydrogens (primary N) is 1. The molecule has 0 bridgehead atoms. The van der Waals surface area contributed by atoms with E-state index in [0.29, 0.717) is 24.2 Å². The lowest BCUT2D eigenvalue weighted by Crippen LogP contribution is -2.29. The van der Waals surface area contributed by atoms with Crippen molar-refractivity contribution < 1.29 is 14.7 Å². The van der Waals surface area contributed by atoms with Crippen molar-refractivity contribution in [1.29, 1.82) is 5.41 Å². The minimum Gasteiger partial charge on any atom is -0.481 e. The summed E-state index contributed by atoms with van der Waals surface area (Å²) in [5.41, 5.74) is 8.84. The van der Waals surface area contributed by atoms with Gasteiger partial charge in [0.15, 0.2) is 0 Å². The van der Waals surface area contributed by atoms with Gasteiger partial charge in [0.2, 0.25) is 0 Å². The average molecular weight is 382 g/mol. The van der Waals surface area contributed by atoms with Gasteiger partial charge in [-0.25, -0.2) is 4.79 Å². The molecule has 148 valence electrons. The van der Waals surface area contributed by atoms with Crippen molar-refractivity contribution in [2.24, 2.45) is 5.73 Å². The van der Waals surface area contributed by atoms with Crippen LogP contribution in [0.15, 0.2) is 48.5 Å². The van der Waals surface area contributed by atoms with Crippen LogP contribution in [0.4, 0.5) is 10.5 Å². The van der Waals surface area contributed by atoms with Crippen molar-refractivity contribution in [1.82, 2.24) is 5.32 Å². The molecule has 28 heavy (non-hydrogen) atoms. The Labute approximate surface area is 164 Å². The number of carbonyl (C=O) groups excluding carboxylic acids is 1. The van der Waals surface area contributed by atoms with Crippen LogP contribution in [0.3, 0.4) is 0 Å². The first-order chi connectivity index (χ1) is 13.4. The summed E-state index contributed by atoms with van der Waals surface area (Å²) in [6, 6.07) is 14.5. The van der Waals surface area contributed by atoms with Crippen molar-refractivity contribution in [2.45, 2.75) is 32.1 Å². The number of amides is 2. The van der Waals surface area contributed by atoms with E-state index >= 15 is 0 Å². The number of hydrogen-bond acceptors (Lipinski definition) is 3. The molecule has 0 radical (unpaired) electrons. The van der Waals surface area contributed by atoms with Gasteiger partial charge in [-0.2, -0.15) is 0 Å². The summed E-state index contributed by atoms with van der Waals surface area (Å²) < 4.78 is 0. The average Bonchev–Trinajstić information content (AvgIpc) is 2.67. The van der Waals surface area contributed by atoms with Crippen LogP contribution in [-0.2, 0) is 17.6 Å². The highest BCUT2D eigenvalue weighted by atomic mass is 16.4. The lowest BCUT2D eigenvalue weighted by Gasteiger charge is -2.09. The summed E-state index contributed by atoms with van der Waals surface area (Å²) in [6.07, 6.45) is 3.17. The first kappa shape index (κ1) is 21.0. The number of carbonyl (C=O) groups is 2. The van der Waals surface area contributed by atoms with Gasteiger partial charge in [0.25, 0.3) is 0 Å². The topological polar surface area (TPSA) is 128 Å². The van der Waals surface area contributed by atoms with E-state index in [9.17, 15) is 9.59 Å². The fourth-order valence-electron chi connectivity index (χ4n) is 2.74. The molecule has 7 heteroatoms. The molecule has 0 atom stereocenters. The Morgan fingerprint density at radius 3 is 2.43 bits per heavy atom. The van der Waals surface area contributed by atoms with Gasteiger partial charge in [0, 0.05) is 24.2 Å². The Bertz CT molecular complexity index is 819. The maximum Gasteiger partial charge on any atom is 0.319 e. The van der Waals surface area contributed by atoms with E-state index in [1.807, 2.05) is 30.3 Å². The number of nitrogens with one attached hydrogen (secondary N) is 3. The number of nitrogen functional groups attached to an aromatic ring is 1. The van der Waals surface area contributed by atoms with Gasteiger partial charge in [0.05, 0.1) is 0 Å². The predicted octanol–water partition coefficient (Wildman–Crippen LogP) is 3.13. The number of carboxylic acids is 1. The molecule has 0 spiro atoms. The molecule has 6 N–H and O–H groups in total. The zero-order valence-electron chi connectivity index (χ0n) is 15.7. The number of amidine groups is 1. The SMILES string of the molecule is N=C(N)c1ccc(CCCCNC(=O)Nc2cccc(CCC(=O)O)c2)cc1. The fourth-order valence-corrected chi connectivity index (χ4v) is 2.74. The van der Waals surface area contributed by atoms with Crippen molar-refractivity contribution in [2.75, 3.05) is 11.9 Å². The fraction of sp³-hybridized carbons (Fsp3) is 0.286. The smallest absolute Gasteiger partial charge is 0.319 e. The number of benzene rings is 2. The Morgan fingerprint density at radius 1 is 1.00 bits per heavy atom. The second-order valence-electron chi connectivity index (χ2n) is 6.54. The molecule has 0 aromatic heterocycles. The zero-order chi connectivity index (χ0) is 20.4. The number of urea groups is 1. The second-order valence-corrected chi connectivity index (χ2v) is 6.54. The second kappa shape index (κ2) is 10.7. The van der Waals surface area contributed by atoms with Crippen LogP contribution in [0.1, 0.15) is 36.0 Å². The van der Waals surface area contributed by atoms with Gasteiger partial charge in [0.1, 0.15) is 5.84 Å². The summed E-state index contributed by atoms with van der Waals surface area (Å²) in [5, 5.41) is 21.7. The van der Waals surface area contributed by atoms with Crippen molar-refractivity contribution in [3.8, 4) is 0 Å². The summed E-state index contributed by atoms with van der Waals surface area (Å²) in [7, 11) is 0. The van der Waals surface area contributed by atoms with E-state index < -0.39 is 5.97 Å². The van der Waals surface area contributed by atoms with Crippen molar-refractivity contribution >= 4 is 23.5 Å². The first-order valence-electron chi connectivity index (χ1n) is 9.23. The zero-order valence-corrected chi connectivity index (χ0v) is 15.7. The molecule has 0 aliphatic carbocycles. The van der Waals surface area contributed by atoms with Gasteiger partial charge >= 0.3 is 12.0 Å². The molecule has 0 heterocycles. The molecule has 0 aliphatic heterocycles. The van der Waals surface area contributed by atoms with Gasteiger partial charge in [-0.15, -0.1) is 0 Å².